The van der Waals surface area contributed by atoms with Gasteiger partial charge in [-0.1, -0.05) is 0 Å². The van der Waals surface area contributed by atoms with Gasteiger partial charge in [0.1, 0.15) is 5.52 Å². The highest BCUT2D eigenvalue weighted by Gasteiger charge is 2.41. The van der Waals surface area contributed by atoms with Gasteiger partial charge < -0.3 is 15.1 Å². The molecule has 2 aromatic rings. The molecule has 1 aromatic heterocycles. The summed E-state index contributed by atoms with van der Waals surface area (Å²) >= 11 is 0. The van der Waals surface area contributed by atoms with Crippen molar-refractivity contribution in [3.05, 3.63) is 30.1 Å². The molecule has 2 aliphatic rings. The van der Waals surface area contributed by atoms with Crippen LogP contribution < -0.4 is 10.2 Å². The van der Waals surface area contributed by atoms with E-state index in [-0.39, 0.29) is 25.4 Å². The molecule has 1 aromatic carbocycles. The molecule has 0 aliphatic carbocycles. The number of aromatic nitrogens is 2. The van der Waals surface area contributed by atoms with Crippen LogP contribution >= 0.6 is 0 Å². The minimum atomic E-state index is -2.93. The van der Waals surface area contributed by atoms with E-state index in [0.29, 0.717) is 16.7 Å². The van der Waals surface area contributed by atoms with Gasteiger partial charge in [-0.05, 0) is 19.2 Å². The highest BCUT2D eigenvalue weighted by atomic mass is 19.3. The number of nitrogens with zero attached hydrogens (tertiary/aromatic N) is 6. The van der Waals surface area contributed by atoms with Gasteiger partial charge in [0.2, 0.25) is 5.91 Å². The van der Waals surface area contributed by atoms with E-state index in [0.717, 1.165) is 31.7 Å². The highest BCUT2D eigenvalue weighted by molar-refractivity contribution is 6.01. The lowest BCUT2D eigenvalue weighted by Crippen LogP contribution is -2.57. The zero-order valence-electron chi connectivity index (χ0n) is 18.5. The SMILES string of the molecule is C/N=C\c1ccc(N2CC(NC(=O)CN3CCN(C)CC3)CC(F)(F)C2)c2nccnc12. The second-order valence-electron chi connectivity index (χ2n) is 8.60. The maximum atomic E-state index is 14.7. The minimum Gasteiger partial charge on any atom is -0.362 e. The smallest absolute Gasteiger partial charge is 0.267 e. The molecule has 3 heterocycles. The van der Waals surface area contributed by atoms with Crippen molar-refractivity contribution in [1.29, 1.82) is 0 Å². The fraction of sp³-hybridized carbons (Fsp3) is 0.545. The van der Waals surface area contributed by atoms with Gasteiger partial charge in [-0.3, -0.25) is 24.7 Å². The Morgan fingerprint density at radius 2 is 1.94 bits per heavy atom. The Labute approximate surface area is 186 Å². The van der Waals surface area contributed by atoms with Gasteiger partial charge in [0, 0.05) is 70.4 Å². The number of hydrogen-bond donors (Lipinski definition) is 1. The Morgan fingerprint density at radius 1 is 1.22 bits per heavy atom. The highest BCUT2D eigenvalue weighted by Crippen LogP contribution is 2.33. The number of anilines is 1. The first-order chi connectivity index (χ1) is 15.3. The van der Waals surface area contributed by atoms with Crippen molar-refractivity contribution in [2.45, 2.75) is 18.4 Å². The number of fused-ring (bicyclic) bond motifs is 1. The number of piperazine rings is 1. The van der Waals surface area contributed by atoms with Crippen molar-refractivity contribution in [2.24, 2.45) is 4.99 Å². The standard InChI is InChI=1S/C22H29F2N7O/c1-25-12-16-3-4-18(21-20(16)26-5-6-27-21)31-13-17(11-22(23,24)15-31)28-19(32)14-30-9-7-29(2)8-10-30/h3-6,12,17H,7-11,13-15H2,1-2H3,(H,28,32)/b25-12-. The summed E-state index contributed by atoms with van der Waals surface area (Å²) in [5.41, 5.74) is 2.52. The molecule has 8 nitrogen and oxygen atoms in total. The van der Waals surface area contributed by atoms with Crippen molar-refractivity contribution in [1.82, 2.24) is 25.1 Å². The molecule has 172 valence electrons. The Hall–Kier alpha value is -2.72. The number of carbonyl (C=O) groups is 1. The average molecular weight is 446 g/mol. The van der Waals surface area contributed by atoms with Gasteiger partial charge in [0.05, 0.1) is 30.3 Å². The van der Waals surface area contributed by atoms with Crippen LogP contribution in [0.4, 0.5) is 14.5 Å². The van der Waals surface area contributed by atoms with Gasteiger partial charge in [-0.15, -0.1) is 0 Å². The van der Waals surface area contributed by atoms with E-state index in [9.17, 15) is 13.6 Å². The Kier molecular flexibility index (Phi) is 6.61. The summed E-state index contributed by atoms with van der Waals surface area (Å²) < 4.78 is 29.4. The molecular formula is C22H29F2N7O. The molecule has 0 bridgehead atoms. The summed E-state index contributed by atoms with van der Waals surface area (Å²) in [6, 6.07) is 2.94. The van der Waals surface area contributed by atoms with E-state index in [2.05, 4.69) is 30.1 Å². The van der Waals surface area contributed by atoms with Crippen LogP contribution in [-0.2, 0) is 4.79 Å². The molecule has 32 heavy (non-hydrogen) atoms. The van der Waals surface area contributed by atoms with E-state index >= 15 is 0 Å². The van der Waals surface area contributed by atoms with Crippen LogP contribution in [0.1, 0.15) is 12.0 Å². The number of aliphatic imine (C=N–C) groups is 1. The van der Waals surface area contributed by atoms with E-state index in [1.807, 2.05) is 13.1 Å². The number of nitrogens with one attached hydrogen (secondary N) is 1. The molecule has 2 aliphatic heterocycles. The third-order valence-electron chi connectivity index (χ3n) is 5.98. The predicted molar refractivity (Wildman–Crippen MR) is 121 cm³/mol. The van der Waals surface area contributed by atoms with Crippen molar-refractivity contribution < 1.29 is 13.6 Å². The normalized spacial score (nSPS) is 22.5. The molecular weight excluding hydrogens is 416 g/mol. The number of alkyl halides is 2. The first-order valence-corrected chi connectivity index (χ1v) is 10.8. The number of piperidine rings is 1. The summed E-state index contributed by atoms with van der Waals surface area (Å²) in [7, 11) is 3.71. The van der Waals surface area contributed by atoms with Crippen LogP contribution in [-0.4, -0.2) is 104 Å². The van der Waals surface area contributed by atoms with Crippen molar-refractivity contribution >= 4 is 28.8 Å². The number of benzene rings is 1. The first kappa shape index (κ1) is 22.5. The Bertz CT molecular complexity index is 991. The van der Waals surface area contributed by atoms with Gasteiger partial charge in [0.25, 0.3) is 5.92 Å². The average Bonchev–Trinajstić information content (AvgIpc) is 2.74. The fourth-order valence-corrected chi connectivity index (χ4v) is 4.42. The van der Waals surface area contributed by atoms with Gasteiger partial charge in [-0.25, -0.2) is 8.78 Å². The third kappa shape index (κ3) is 5.18. The van der Waals surface area contributed by atoms with Crippen LogP contribution in [0.25, 0.3) is 11.0 Å². The van der Waals surface area contributed by atoms with Gasteiger partial charge >= 0.3 is 0 Å². The van der Waals surface area contributed by atoms with E-state index in [4.69, 9.17) is 0 Å². The number of likely N-dealkylation sites (N-methyl/N-ethyl adjacent to an activating group) is 1. The van der Waals surface area contributed by atoms with Crippen LogP contribution in [0.3, 0.4) is 0 Å². The zero-order valence-corrected chi connectivity index (χ0v) is 18.5. The monoisotopic (exact) mass is 445 g/mol. The number of amides is 1. The summed E-state index contributed by atoms with van der Waals surface area (Å²) in [5, 5.41) is 2.84. The molecule has 0 spiro atoms. The summed E-state index contributed by atoms with van der Waals surface area (Å²) in [4.78, 5) is 31.3. The largest absolute Gasteiger partial charge is 0.362 e. The van der Waals surface area contributed by atoms with Crippen molar-refractivity contribution in [3.8, 4) is 0 Å². The predicted octanol–water partition coefficient (Wildman–Crippen LogP) is 1.26. The van der Waals surface area contributed by atoms with E-state index in [1.54, 1.807) is 36.6 Å². The Balaban J connectivity index is 1.51. The molecule has 2 fully saturated rings. The van der Waals surface area contributed by atoms with Gasteiger partial charge in [0.15, 0.2) is 0 Å². The summed E-state index contributed by atoms with van der Waals surface area (Å²) in [5.74, 6) is -3.14. The molecule has 0 saturated carbocycles. The molecule has 2 saturated heterocycles. The molecule has 10 heteroatoms. The first-order valence-electron chi connectivity index (χ1n) is 10.8. The van der Waals surface area contributed by atoms with Crippen LogP contribution in [0.5, 0.6) is 0 Å². The van der Waals surface area contributed by atoms with Gasteiger partial charge in [-0.2, -0.15) is 0 Å². The van der Waals surface area contributed by atoms with E-state index in [1.165, 1.54) is 0 Å². The lowest BCUT2D eigenvalue weighted by atomic mass is 10.0. The van der Waals surface area contributed by atoms with Crippen LogP contribution in [0.15, 0.2) is 29.5 Å². The van der Waals surface area contributed by atoms with Crippen molar-refractivity contribution in [3.63, 3.8) is 0 Å². The number of rotatable bonds is 5. The minimum absolute atomic E-state index is 0.212. The second kappa shape index (κ2) is 9.41. The molecule has 4 rings (SSSR count). The fourth-order valence-electron chi connectivity index (χ4n) is 4.42. The lowest BCUT2D eigenvalue weighted by molar-refractivity contribution is -0.124. The maximum absolute atomic E-state index is 14.7. The molecule has 1 atom stereocenters. The summed E-state index contributed by atoms with van der Waals surface area (Å²) in [6.07, 6.45) is 4.43. The third-order valence-corrected chi connectivity index (χ3v) is 5.98. The molecule has 1 unspecified atom stereocenters. The molecule has 1 amide bonds. The molecule has 0 radical (unpaired) electrons. The molecule has 1 N–H and O–H groups in total. The second-order valence-corrected chi connectivity index (χ2v) is 8.60. The zero-order chi connectivity index (χ0) is 22.7. The van der Waals surface area contributed by atoms with E-state index < -0.39 is 18.5 Å². The number of carbonyl (C=O) groups excluding carboxylic acids is 1. The topological polar surface area (TPSA) is 77.0 Å². The Morgan fingerprint density at radius 3 is 2.66 bits per heavy atom. The number of hydrogen-bond acceptors (Lipinski definition) is 7. The lowest BCUT2D eigenvalue weighted by Gasteiger charge is -2.39. The quantitative estimate of drug-likeness (QED) is 0.699. The summed E-state index contributed by atoms with van der Waals surface area (Å²) in [6.45, 7) is 3.49. The van der Waals surface area contributed by atoms with Crippen LogP contribution in [0.2, 0.25) is 0 Å². The number of halogens is 2. The maximum Gasteiger partial charge on any atom is 0.267 e. The van der Waals surface area contributed by atoms with Crippen molar-refractivity contribution in [2.75, 3.05) is 64.8 Å². The van der Waals surface area contributed by atoms with Crippen LogP contribution in [0, 0.1) is 0 Å².